The van der Waals surface area contributed by atoms with Gasteiger partial charge in [0, 0.05) is 93.3 Å². The molecule has 5 heterocycles. The van der Waals surface area contributed by atoms with E-state index in [-0.39, 0.29) is 42.0 Å². The number of amides is 5. The van der Waals surface area contributed by atoms with E-state index in [9.17, 15) is 29.2 Å². The van der Waals surface area contributed by atoms with Crippen LogP contribution in [-0.4, -0.2) is 113 Å². The van der Waals surface area contributed by atoms with E-state index in [1.807, 2.05) is 4.90 Å². The standard InChI is InChI=1S/C43H47ClFN9O6/c1-42(2)39(43(3,4)40(42)60-28-6-5-25(20-46)30(44)19-28)50-35(56)26-21-47-41(48-22-26)53-11-9-24(10-12-53)23-51-13-15-52(16-14-51)27-17-29-34(31(45)18-27)38(59)54(37(29)58)32-7-8-33(55)49-36(32)57/h5-6,17-19,21-22,24,32,39-40H,7-16,23H2,1-4H3,(H,50,56)(H,49,55,57). The predicted octanol–water partition coefficient (Wildman–Crippen LogP) is 4.19. The van der Waals surface area contributed by atoms with Gasteiger partial charge < -0.3 is 19.9 Å². The molecule has 60 heavy (non-hydrogen) atoms. The molecule has 0 bridgehead atoms. The first-order valence-corrected chi connectivity index (χ1v) is 20.7. The number of nitriles is 1. The summed E-state index contributed by atoms with van der Waals surface area (Å²) in [6.45, 7) is 13.4. The summed E-state index contributed by atoms with van der Waals surface area (Å²) in [5.74, 6) is -2.24. The fourth-order valence-corrected chi connectivity index (χ4v) is 10.2. The number of nitrogens with one attached hydrogen (secondary N) is 2. The van der Waals surface area contributed by atoms with E-state index in [0.29, 0.717) is 52.5 Å². The van der Waals surface area contributed by atoms with Gasteiger partial charge in [-0.3, -0.25) is 39.1 Å². The Labute approximate surface area is 352 Å². The fourth-order valence-electron chi connectivity index (χ4n) is 10.00. The number of hydrogen-bond acceptors (Lipinski definition) is 12. The Morgan fingerprint density at radius 3 is 2.27 bits per heavy atom. The van der Waals surface area contributed by atoms with Crippen molar-refractivity contribution in [3.63, 3.8) is 0 Å². The number of piperazine rings is 1. The van der Waals surface area contributed by atoms with Crippen LogP contribution in [0, 0.1) is 33.9 Å². The van der Waals surface area contributed by atoms with E-state index < -0.39 is 46.3 Å². The molecule has 4 aliphatic heterocycles. The van der Waals surface area contributed by atoms with Crippen molar-refractivity contribution in [2.75, 3.05) is 55.6 Å². The number of imide groups is 2. The average molecular weight is 840 g/mol. The van der Waals surface area contributed by atoms with Crippen LogP contribution in [0.25, 0.3) is 0 Å². The van der Waals surface area contributed by atoms with E-state index in [1.54, 1.807) is 30.6 Å². The van der Waals surface area contributed by atoms with Crippen LogP contribution in [-0.2, 0) is 9.59 Å². The van der Waals surface area contributed by atoms with Crippen LogP contribution in [0.4, 0.5) is 16.0 Å². The Kier molecular flexibility index (Phi) is 10.8. The van der Waals surface area contributed by atoms with Gasteiger partial charge in [-0.05, 0) is 49.4 Å². The highest BCUT2D eigenvalue weighted by Crippen LogP contribution is 2.55. The quantitative estimate of drug-likeness (QED) is 0.294. The predicted molar refractivity (Wildman–Crippen MR) is 218 cm³/mol. The zero-order valence-corrected chi connectivity index (χ0v) is 34.7. The van der Waals surface area contributed by atoms with Crippen molar-refractivity contribution in [3.05, 3.63) is 75.8 Å². The molecule has 17 heteroatoms. The maximum absolute atomic E-state index is 15.4. The third-order valence-corrected chi connectivity index (χ3v) is 13.3. The minimum absolute atomic E-state index is 0.00486. The van der Waals surface area contributed by atoms with Gasteiger partial charge in [-0.15, -0.1) is 0 Å². The summed E-state index contributed by atoms with van der Waals surface area (Å²) in [7, 11) is 0. The molecule has 0 spiro atoms. The molecule has 2 aromatic carbocycles. The first-order chi connectivity index (χ1) is 28.6. The SMILES string of the molecule is CC1(C)C(NC(=O)c2cnc(N3CCC(CN4CCN(c5cc(F)c6c(c5)C(=O)N(C5CCC(=O)NC5=O)C6=O)CC4)CC3)nc2)C(C)(C)C1Oc1ccc(C#N)c(Cl)c1. The molecule has 5 amide bonds. The van der Waals surface area contributed by atoms with Crippen LogP contribution in [0.2, 0.25) is 5.02 Å². The van der Waals surface area contributed by atoms with Gasteiger partial charge >= 0.3 is 0 Å². The third kappa shape index (κ3) is 7.42. The van der Waals surface area contributed by atoms with Gasteiger partial charge in [0.25, 0.3) is 17.7 Å². The van der Waals surface area contributed by atoms with E-state index in [1.165, 1.54) is 12.1 Å². The third-order valence-electron chi connectivity index (χ3n) is 13.0. The lowest BCUT2D eigenvalue weighted by molar-refractivity contribution is -0.164. The van der Waals surface area contributed by atoms with Crippen molar-refractivity contribution in [2.45, 2.75) is 71.6 Å². The van der Waals surface area contributed by atoms with E-state index >= 15 is 4.39 Å². The van der Waals surface area contributed by atoms with E-state index in [0.717, 1.165) is 50.5 Å². The molecular weight excluding hydrogens is 793 g/mol. The van der Waals surface area contributed by atoms with Gasteiger partial charge in [0.15, 0.2) is 0 Å². The van der Waals surface area contributed by atoms with Crippen LogP contribution in [0.15, 0.2) is 42.7 Å². The number of rotatable bonds is 9. The summed E-state index contributed by atoms with van der Waals surface area (Å²) >= 11 is 6.24. The Hall–Kier alpha value is -5.66. The topological polar surface area (TPSA) is 181 Å². The maximum atomic E-state index is 15.4. The Morgan fingerprint density at radius 2 is 1.63 bits per heavy atom. The van der Waals surface area contributed by atoms with Gasteiger partial charge in [-0.25, -0.2) is 14.4 Å². The molecule has 8 rings (SSSR count). The minimum atomic E-state index is -1.15. The van der Waals surface area contributed by atoms with Crippen molar-refractivity contribution in [1.29, 1.82) is 5.26 Å². The van der Waals surface area contributed by atoms with Crippen molar-refractivity contribution in [3.8, 4) is 11.8 Å². The van der Waals surface area contributed by atoms with Crippen LogP contribution in [0.3, 0.4) is 0 Å². The number of anilines is 2. The fraction of sp³-hybridized carbons (Fsp3) is 0.488. The van der Waals surface area contributed by atoms with Crippen LogP contribution < -0.4 is 25.2 Å². The number of nitrogens with zero attached hydrogens (tertiary/aromatic N) is 7. The Morgan fingerprint density at radius 1 is 0.950 bits per heavy atom. The number of carbonyl (C=O) groups excluding carboxylic acids is 5. The Balaban J connectivity index is 0.799. The lowest BCUT2D eigenvalue weighted by Gasteiger charge is -2.63. The second kappa shape index (κ2) is 15.7. The summed E-state index contributed by atoms with van der Waals surface area (Å²) < 4.78 is 21.7. The first kappa shape index (κ1) is 41.1. The number of carbonyl (C=O) groups is 5. The molecule has 1 atom stereocenters. The highest BCUT2D eigenvalue weighted by molar-refractivity contribution is 6.31. The van der Waals surface area contributed by atoms with Crippen LogP contribution in [0.1, 0.15) is 90.0 Å². The number of ether oxygens (including phenoxy) is 1. The highest BCUT2D eigenvalue weighted by atomic mass is 35.5. The zero-order valence-electron chi connectivity index (χ0n) is 34.0. The second-order valence-electron chi connectivity index (χ2n) is 17.6. The minimum Gasteiger partial charge on any atom is -0.489 e. The smallest absolute Gasteiger partial charge is 0.265 e. The number of fused-ring (bicyclic) bond motifs is 1. The molecule has 4 fully saturated rings. The molecule has 3 saturated heterocycles. The summed E-state index contributed by atoms with van der Waals surface area (Å²) in [6.07, 6.45) is 4.82. The van der Waals surface area contributed by atoms with E-state index in [4.69, 9.17) is 16.3 Å². The molecule has 1 aliphatic carbocycles. The number of aromatic nitrogens is 2. The van der Waals surface area contributed by atoms with Gasteiger partial charge in [0.05, 0.1) is 27.3 Å². The lowest BCUT2D eigenvalue weighted by Crippen LogP contribution is -2.74. The molecular formula is C43H47ClFN9O6. The van der Waals surface area contributed by atoms with Gasteiger partial charge in [-0.2, -0.15) is 5.26 Å². The Bertz CT molecular complexity index is 2280. The summed E-state index contributed by atoms with van der Waals surface area (Å²) in [5, 5.41) is 14.9. The van der Waals surface area contributed by atoms with Gasteiger partial charge in [0.2, 0.25) is 17.8 Å². The summed E-state index contributed by atoms with van der Waals surface area (Å²) in [4.78, 5) is 80.3. The van der Waals surface area contributed by atoms with E-state index in [2.05, 4.69) is 64.2 Å². The average Bonchev–Trinajstić information content (AvgIpc) is 3.48. The first-order valence-electron chi connectivity index (χ1n) is 20.3. The van der Waals surface area contributed by atoms with Crippen LogP contribution in [0.5, 0.6) is 5.75 Å². The van der Waals surface area contributed by atoms with Crippen molar-refractivity contribution in [1.82, 2.24) is 30.4 Å². The molecule has 3 aromatic rings. The zero-order chi connectivity index (χ0) is 42.7. The molecule has 0 radical (unpaired) electrons. The number of benzene rings is 2. The number of hydrogen-bond donors (Lipinski definition) is 2. The van der Waals surface area contributed by atoms with Crippen LogP contribution >= 0.6 is 11.6 Å². The normalized spacial score (nSPS) is 24.1. The number of piperidine rings is 2. The molecule has 5 aliphatic rings. The largest absolute Gasteiger partial charge is 0.489 e. The van der Waals surface area contributed by atoms with Gasteiger partial charge in [0.1, 0.15) is 29.8 Å². The molecule has 1 unspecified atom stereocenters. The second-order valence-corrected chi connectivity index (χ2v) is 18.0. The highest BCUT2D eigenvalue weighted by Gasteiger charge is 2.64. The molecule has 2 N–H and O–H groups in total. The molecule has 15 nitrogen and oxygen atoms in total. The van der Waals surface area contributed by atoms with Gasteiger partial charge in [-0.1, -0.05) is 39.3 Å². The van der Waals surface area contributed by atoms with Crippen molar-refractivity contribution in [2.24, 2.45) is 16.7 Å². The number of halogens is 2. The van der Waals surface area contributed by atoms with Crippen molar-refractivity contribution < 1.29 is 33.1 Å². The summed E-state index contributed by atoms with van der Waals surface area (Å²) in [5.41, 5.74) is 0.0479. The molecule has 1 saturated carbocycles. The monoisotopic (exact) mass is 839 g/mol. The maximum Gasteiger partial charge on any atom is 0.265 e. The molecule has 1 aromatic heterocycles. The molecule has 314 valence electrons. The van der Waals surface area contributed by atoms with Crippen molar-refractivity contribution >= 4 is 52.8 Å². The summed E-state index contributed by atoms with van der Waals surface area (Å²) in [6, 6.07) is 8.54. The lowest BCUT2D eigenvalue weighted by atomic mass is 9.49.